The van der Waals surface area contributed by atoms with Gasteiger partial charge in [0.05, 0.1) is 23.6 Å². The van der Waals surface area contributed by atoms with E-state index in [9.17, 15) is 13.2 Å². The van der Waals surface area contributed by atoms with Crippen LogP contribution in [-0.4, -0.2) is 63.4 Å². The molecule has 1 saturated heterocycles. The smallest absolute Gasteiger partial charge is 0.254 e. The molecule has 9 heteroatoms. The molecular formula is C22H27ClN2O5S. The van der Waals surface area contributed by atoms with Crippen molar-refractivity contribution in [2.45, 2.75) is 25.2 Å². The van der Waals surface area contributed by atoms with Gasteiger partial charge in [-0.25, -0.2) is 8.42 Å². The highest BCUT2D eigenvalue weighted by molar-refractivity contribution is 7.89. The maximum Gasteiger partial charge on any atom is 0.254 e. The summed E-state index contributed by atoms with van der Waals surface area (Å²) >= 11 is 6.31. The minimum Gasteiger partial charge on any atom is -0.493 e. The average molecular weight is 467 g/mol. The normalized spacial score (nSPS) is 15.4. The highest BCUT2D eigenvalue weighted by Gasteiger charge is 2.29. The molecule has 0 bridgehead atoms. The van der Waals surface area contributed by atoms with E-state index in [-0.39, 0.29) is 23.9 Å². The molecule has 0 spiro atoms. The van der Waals surface area contributed by atoms with Crippen LogP contribution in [-0.2, 0) is 10.0 Å². The number of benzene rings is 2. The predicted octanol–water partition coefficient (Wildman–Crippen LogP) is 3.59. The molecule has 1 fully saturated rings. The van der Waals surface area contributed by atoms with Crippen molar-refractivity contribution >= 4 is 27.5 Å². The molecule has 0 saturated carbocycles. The lowest BCUT2D eigenvalue weighted by molar-refractivity contribution is 0.0764. The van der Waals surface area contributed by atoms with E-state index >= 15 is 0 Å². The van der Waals surface area contributed by atoms with Crippen LogP contribution in [0.4, 0.5) is 0 Å². The Kier molecular flexibility index (Phi) is 7.46. The van der Waals surface area contributed by atoms with Crippen LogP contribution in [0.3, 0.4) is 0 Å². The summed E-state index contributed by atoms with van der Waals surface area (Å²) in [6.07, 6.45) is 0.540. The molecule has 1 amide bonds. The zero-order chi connectivity index (χ0) is 22.6. The molecule has 0 N–H and O–H groups in total. The van der Waals surface area contributed by atoms with Gasteiger partial charge in [-0.05, 0) is 44.5 Å². The number of aryl methyl sites for hydroxylation is 1. The maximum atomic E-state index is 13.1. The molecule has 1 aliphatic rings. The summed E-state index contributed by atoms with van der Waals surface area (Å²) in [5, 5.41) is 0.294. The first kappa shape index (κ1) is 23.4. The lowest BCUT2D eigenvalue weighted by Crippen LogP contribution is -2.37. The van der Waals surface area contributed by atoms with Crippen molar-refractivity contribution in [3.8, 4) is 11.5 Å². The number of sulfonamides is 1. The molecule has 2 aromatic rings. The summed E-state index contributed by atoms with van der Waals surface area (Å²) in [6, 6.07) is 9.96. The van der Waals surface area contributed by atoms with Crippen LogP contribution in [0, 0.1) is 6.92 Å². The first-order valence-corrected chi connectivity index (χ1v) is 12.0. The van der Waals surface area contributed by atoms with E-state index in [2.05, 4.69) is 0 Å². The summed E-state index contributed by atoms with van der Waals surface area (Å²) in [7, 11) is -2.12. The van der Waals surface area contributed by atoms with Gasteiger partial charge in [-0.1, -0.05) is 29.3 Å². The van der Waals surface area contributed by atoms with Gasteiger partial charge in [-0.2, -0.15) is 4.31 Å². The lowest BCUT2D eigenvalue weighted by atomic mass is 10.1. The quantitative estimate of drug-likeness (QED) is 0.650. The van der Waals surface area contributed by atoms with E-state index in [1.807, 2.05) is 13.8 Å². The Balaban J connectivity index is 1.77. The molecule has 0 aliphatic carbocycles. The molecule has 0 radical (unpaired) electrons. The van der Waals surface area contributed by atoms with E-state index in [0.29, 0.717) is 48.2 Å². The van der Waals surface area contributed by atoms with E-state index in [0.717, 1.165) is 5.56 Å². The molecule has 2 aromatic carbocycles. The van der Waals surface area contributed by atoms with Gasteiger partial charge >= 0.3 is 0 Å². The standard InChI is InChI=1S/C22H27ClN2O5S/c1-4-30-21-19(23)14-17(15-20(21)29-3)22(26)24-10-5-11-25(13-12-24)31(27,28)18-8-6-16(2)7-9-18/h6-9,14-15H,4-5,10-13H2,1-3H3. The fourth-order valence-corrected chi connectivity index (χ4v) is 5.24. The number of carbonyl (C=O) groups excluding carboxylic acids is 1. The molecular weight excluding hydrogens is 440 g/mol. The van der Waals surface area contributed by atoms with Crippen molar-refractivity contribution < 1.29 is 22.7 Å². The second kappa shape index (κ2) is 9.89. The molecule has 0 atom stereocenters. The minimum absolute atomic E-state index is 0.224. The highest BCUT2D eigenvalue weighted by atomic mass is 35.5. The molecule has 1 aliphatic heterocycles. The van der Waals surface area contributed by atoms with Crippen molar-refractivity contribution in [2.75, 3.05) is 39.9 Å². The first-order valence-electron chi connectivity index (χ1n) is 10.1. The van der Waals surface area contributed by atoms with Crippen LogP contribution in [0.25, 0.3) is 0 Å². The van der Waals surface area contributed by atoms with Gasteiger partial charge in [0.15, 0.2) is 11.5 Å². The molecule has 1 heterocycles. The third kappa shape index (κ3) is 5.14. The van der Waals surface area contributed by atoms with E-state index < -0.39 is 10.0 Å². The second-order valence-corrected chi connectivity index (χ2v) is 9.63. The van der Waals surface area contributed by atoms with Gasteiger partial charge in [0, 0.05) is 31.7 Å². The fraction of sp³-hybridized carbons (Fsp3) is 0.409. The second-order valence-electron chi connectivity index (χ2n) is 7.29. The van der Waals surface area contributed by atoms with Gasteiger partial charge in [0.2, 0.25) is 10.0 Å². The number of ether oxygens (including phenoxy) is 2. The topological polar surface area (TPSA) is 76.2 Å². The number of hydrogen-bond acceptors (Lipinski definition) is 5. The Labute approximate surface area is 188 Å². The summed E-state index contributed by atoms with van der Waals surface area (Å²) in [6.45, 7) is 5.48. The van der Waals surface area contributed by atoms with Crippen molar-refractivity contribution in [3.63, 3.8) is 0 Å². The van der Waals surface area contributed by atoms with Crippen LogP contribution >= 0.6 is 11.6 Å². The third-order valence-electron chi connectivity index (χ3n) is 5.17. The molecule has 31 heavy (non-hydrogen) atoms. The molecule has 3 rings (SSSR count). The van der Waals surface area contributed by atoms with Crippen LogP contribution in [0.15, 0.2) is 41.3 Å². The van der Waals surface area contributed by atoms with Crippen molar-refractivity contribution in [1.82, 2.24) is 9.21 Å². The van der Waals surface area contributed by atoms with Gasteiger partial charge < -0.3 is 14.4 Å². The fourth-order valence-electron chi connectivity index (χ4n) is 3.51. The summed E-state index contributed by atoms with van der Waals surface area (Å²) < 4.78 is 38.3. The Morgan fingerprint density at radius 1 is 1.10 bits per heavy atom. The van der Waals surface area contributed by atoms with Crippen LogP contribution in [0.1, 0.15) is 29.3 Å². The zero-order valence-electron chi connectivity index (χ0n) is 17.9. The molecule has 0 aromatic heterocycles. The first-order chi connectivity index (χ1) is 14.8. The predicted molar refractivity (Wildman–Crippen MR) is 120 cm³/mol. The SMILES string of the molecule is CCOc1c(Cl)cc(C(=O)N2CCCN(S(=O)(=O)c3ccc(C)cc3)CC2)cc1OC. The van der Waals surface area contributed by atoms with Crippen molar-refractivity contribution in [3.05, 3.63) is 52.5 Å². The minimum atomic E-state index is -3.61. The van der Waals surface area contributed by atoms with Gasteiger partial charge in [0.25, 0.3) is 5.91 Å². The Bertz CT molecular complexity index is 1040. The monoisotopic (exact) mass is 466 g/mol. The van der Waals surface area contributed by atoms with E-state index in [4.69, 9.17) is 21.1 Å². The molecule has 168 valence electrons. The van der Waals surface area contributed by atoms with Crippen LogP contribution in [0.2, 0.25) is 5.02 Å². The summed E-state index contributed by atoms with van der Waals surface area (Å²) in [4.78, 5) is 15.0. The highest BCUT2D eigenvalue weighted by Crippen LogP contribution is 2.36. The lowest BCUT2D eigenvalue weighted by Gasteiger charge is -2.22. The van der Waals surface area contributed by atoms with Crippen LogP contribution < -0.4 is 9.47 Å². The molecule has 0 unspecified atom stereocenters. The Hall–Kier alpha value is -2.29. The third-order valence-corrected chi connectivity index (χ3v) is 7.36. The number of rotatable bonds is 6. The molecule has 7 nitrogen and oxygen atoms in total. The van der Waals surface area contributed by atoms with Gasteiger partial charge in [0.1, 0.15) is 0 Å². The van der Waals surface area contributed by atoms with Crippen LogP contribution in [0.5, 0.6) is 11.5 Å². The van der Waals surface area contributed by atoms with E-state index in [1.165, 1.54) is 11.4 Å². The number of carbonyl (C=O) groups is 1. The van der Waals surface area contributed by atoms with Gasteiger partial charge in [-0.15, -0.1) is 0 Å². The van der Waals surface area contributed by atoms with Crippen molar-refractivity contribution in [1.29, 1.82) is 0 Å². The number of methoxy groups -OCH3 is 1. The zero-order valence-corrected chi connectivity index (χ0v) is 19.5. The largest absolute Gasteiger partial charge is 0.493 e. The van der Waals surface area contributed by atoms with Gasteiger partial charge in [-0.3, -0.25) is 4.79 Å². The van der Waals surface area contributed by atoms with E-state index in [1.54, 1.807) is 41.3 Å². The number of hydrogen-bond donors (Lipinski definition) is 0. The summed E-state index contributed by atoms with van der Waals surface area (Å²) in [5.74, 6) is 0.559. The summed E-state index contributed by atoms with van der Waals surface area (Å²) in [5.41, 5.74) is 1.37. The number of nitrogens with zero attached hydrogens (tertiary/aromatic N) is 2. The number of halogens is 1. The average Bonchev–Trinajstić information content (AvgIpc) is 3.01. The Morgan fingerprint density at radius 3 is 2.45 bits per heavy atom. The van der Waals surface area contributed by atoms with Crippen molar-refractivity contribution in [2.24, 2.45) is 0 Å². The maximum absolute atomic E-state index is 13.1. The number of amides is 1. The Morgan fingerprint density at radius 2 is 1.81 bits per heavy atom.